The van der Waals surface area contributed by atoms with Gasteiger partial charge in [0.2, 0.25) is 5.91 Å². The average molecular weight is 318 g/mol. The van der Waals surface area contributed by atoms with Crippen molar-refractivity contribution in [1.82, 2.24) is 5.32 Å². The molecule has 0 rings (SSSR count). The van der Waals surface area contributed by atoms with Crippen LogP contribution >= 0.6 is 0 Å². The molecule has 0 aliphatic heterocycles. The van der Waals surface area contributed by atoms with Crippen molar-refractivity contribution in [2.45, 2.75) is 71.1 Å². The van der Waals surface area contributed by atoms with Crippen LogP contribution in [-0.4, -0.2) is 41.8 Å². The number of aliphatic hydroxyl groups is 1. The minimum Gasteiger partial charge on any atom is -0.480 e. The first-order valence-electron chi connectivity index (χ1n) is 8.37. The summed E-state index contributed by atoms with van der Waals surface area (Å²) >= 11 is 0. The molecule has 0 aromatic rings. The van der Waals surface area contributed by atoms with Crippen LogP contribution in [0.3, 0.4) is 0 Å². The maximum absolute atomic E-state index is 11.2. The first kappa shape index (κ1) is 23.1. The Morgan fingerprint density at radius 1 is 0.955 bits per heavy atom. The van der Waals surface area contributed by atoms with E-state index in [1.807, 2.05) is 0 Å². The molecule has 0 aromatic heterocycles. The molecule has 0 heterocycles. The van der Waals surface area contributed by atoms with Gasteiger partial charge in [-0.3, -0.25) is 9.59 Å². The average Bonchev–Trinajstić information content (AvgIpc) is 2.51. The van der Waals surface area contributed by atoms with Crippen LogP contribution in [0.15, 0.2) is 0 Å². The fraction of sp³-hybridized carbons (Fsp3) is 0.875. The summed E-state index contributed by atoms with van der Waals surface area (Å²) in [7, 11) is 0. The molecular formula is C16H34N2O4. The number of nitrogens with one attached hydrogen (secondary N) is 1. The molecule has 0 saturated carbocycles. The number of amides is 1. The smallest absolute Gasteiger partial charge is 0.322 e. The maximum Gasteiger partial charge on any atom is 0.322 e. The van der Waals surface area contributed by atoms with E-state index in [0.717, 1.165) is 12.8 Å². The third-order valence-electron chi connectivity index (χ3n) is 3.07. The Morgan fingerprint density at radius 2 is 1.41 bits per heavy atom. The van der Waals surface area contributed by atoms with Crippen molar-refractivity contribution in [1.29, 1.82) is 0 Å². The molecule has 132 valence electrons. The molecule has 0 spiro atoms. The highest BCUT2D eigenvalue weighted by Crippen LogP contribution is 2.10. The molecule has 6 heteroatoms. The van der Waals surface area contributed by atoms with Crippen molar-refractivity contribution in [3.63, 3.8) is 0 Å². The molecule has 0 atom stereocenters. The third-order valence-corrected chi connectivity index (χ3v) is 3.07. The Bertz CT molecular complexity index is 259. The Morgan fingerprint density at radius 3 is 1.82 bits per heavy atom. The van der Waals surface area contributed by atoms with Crippen molar-refractivity contribution in [3.8, 4) is 0 Å². The van der Waals surface area contributed by atoms with Crippen molar-refractivity contribution in [3.05, 3.63) is 0 Å². The van der Waals surface area contributed by atoms with Crippen molar-refractivity contribution in [2.75, 3.05) is 19.7 Å². The highest BCUT2D eigenvalue weighted by atomic mass is 16.4. The predicted octanol–water partition coefficient (Wildman–Crippen LogP) is 2.05. The van der Waals surface area contributed by atoms with E-state index in [1.54, 1.807) is 0 Å². The van der Waals surface area contributed by atoms with Crippen LogP contribution in [0.5, 0.6) is 0 Å². The number of carboxylic acids is 1. The fourth-order valence-corrected chi connectivity index (χ4v) is 1.86. The van der Waals surface area contributed by atoms with Crippen LogP contribution in [0.1, 0.15) is 71.1 Å². The quantitative estimate of drug-likeness (QED) is 0.388. The Hall–Kier alpha value is -1.14. The molecule has 0 aliphatic rings. The number of rotatable bonds is 13. The van der Waals surface area contributed by atoms with Crippen molar-refractivity contribution < 1.29 is 19.8 Å². The second kappa shape index (κ2) is 19.9. The molecule has 1 amide bonds. The van der Waals surface area contributed by atoms with Gasteiger partial charge in [-0.05, 0) is 6.42 Å². The molecule has 0 fully saturated rings. The van der Waals surface area contributed by atoms with Gasteiger partial charge in [-0.2, -0.15) is 0 Å². The number of nitrogens with two attached hydrogens (primary N) is 1. The second-order valence-corrected chi connectivity index (χ2v) is 5.26. The van der Waals surface area contributed by atoms with E-state index in [4.69, 9.17) is 15.9 Å². The highest BCUT2D eigenvalue weighted by molar-refractivity contribution is 5.80. The standard InChI is InChI=1S/C14H27NO3.C2H7NO/c1-2-3-4-5-6-7-8-9-10-11-13(16)15-12-14(17)18;3-1-2-4/h2-12H2,1H3,(H,15,16)(H,17,18);4H,1-3H2. The molecule has 22 heavy (non-hydrogen) atoms. The van der Waals surface area contributed by atoms with Crippen LogP contribution in [0, 0.1) is 0 Å². The van der Waals surface area contributed by atoms with Gasteiger partial charge in [0.25, 0.3) is 0 Å². The summed E-state index contributed by atoms with van der Waals surface area (Å²) in [6.07, 6.45) is 11.4. The largest absolute Gasteiger partial charge is 0.480 e. The Labute approximate surface area is 134 Å². The third kappa shape index (κ3) is 23.9. The van der Waals surface area contributed by atoms with Gasteiger partial charge in [-0.15, -0.1) is 0 Å². The number of carbonyl (C=O) groups is 2. The molecule has 5 N–H and O–H groups in total. The van der Waals surface area contributed by atoms with Gasteiger partial charge in [0.15, 0.2) is 0 Å². The molecule has 0 unspecified atom stereocenters. The van der Waals surface area contributed by atoms with Gasteiger partial charge in [-0.25, -0.2) is 0 Å². The van der Waals surface area contributed by atoms with Crippen molar-refractivity contribution >= 4 is 11.9 Å². The lowest BCUT2D eigenvalue weighted by Gasteiger charge is -2.03. The zero-order valence-corrected chi connectivity index (χ0v) is 14.0. The molecular weight excluding hydrogens is 284 g/mol. The zero-order valence-electron chi connectivity index (χ0n) is 14.0. The Balaban J connectivity index is 0. The SMILES string of the molecule is CCCCCCCCCCCC(=O)NCC(=O)O.NCCO. The number of aliphatic carboxylic acids is 1. The van der Waals surface area contributed by atoms with Gasteiger partial charge in [0.1, 0.15) is 6.54 Å². The van der Waals surface area contributed by atoms with Gasteiger partial charge in [0, 0.05) is 13.0 Å². The van der Waals surface area contributed by atoms with E-state index in [1.165, 1.54) is 44.9 Å². The number of unbranched alkanes of at least 4 members (excludes halogenated alkanes) is 8. The first-order valence-corrected chi connectivity index (χ1v) is 8.37. The molecule has 0 aliphatic carbocycles. The van der Waals surface area contributed by atoms with Crippen LogP contribution in [-0.2, 0) is 9.59 Å². The summed E-state index contributed by atoms with van der Waals surface area (Å²) in [5.41, 5.74) is 4.78. The number of hydrogen-bond acceptors (Lipinski definition) is 4. The fourth-order valence-electron chi connectivity index (χ4n) is 1.86. The summed E-state index contributed by atoms with van der Waals surface area (Å²) in [4.78, 5) is 21.4. The lowest BCUT2D eigenvalue weighted by molar-refractivity contribution is -0.137. The molecule has 0 radical (unpaired) electrons. The van der Waals surface area contributed by atoms with E-state index in [9.17, 15) is 9.59 Å². The Kier molecular flexibility index (Phi) is 20.9. The lowest BCUT2D eigenvalue weighted by atomic mass is 10.1. The topological polar surface area (TPSA) is 113 Å². The minimum absolute atomic E-state index is 0.0972. The van der Waals surface area contributed by atoms with Gasteiger partial charge in [0.05, 0.1) is 6.61 Å². The van der Waals surface area contributed by atoms with E-state index >= 15 is 0 Å². The molecule has 6 nitrogen and oxygen atoms in total. The van der Waals surface area contributed by atoms with Crippen LogP contribution in [0.2, 0.25) is 0 Å². The van der Waals surface area contributed by atoms with Crippen molar-refractivity contribution in [2.24, 2.45) is 5.73 Å². The summed E-state index contributed by atoms with van der Waals surface area (Å²) in [6, 6.07) is 0. The number of aliphatic hydroxyl groups excluding tert-OH is 1. The number of carboxylic acid groups (broad SMARTS) is 1. The van der Waals surface area contributed by atoms with Crippen LogP contribution in [0.4, 0.5) is 0 Å². The van der Waals surface area contributed by atoms with Gasteiger partial charge >= 0.3 is 5.97 Å². The summed E-state index contributed by atoms with van der Waals surface area (Å²) in [6.45, 7) is 2.42. The predicted molar refractivity (Wildman–Crippen MR) is 88.6 cm³/mol. The second-order valence-electron chi connectivity index (χ2n) is 5.26. The van der Waals surface area contributed by atoms with E-state index in [2.05, 4.69) is 12.2 Å². The van der Waals surface area contributed by atoms with E-state index in [0.29, 0.717) is 13.0 Å². The van der Waals surface area contributed by atoms with Gasteiger partial charge in [-0.1, -0.05) is 58.3 Å². The summed E-state index contributed by atoms with van der Waals surface area (Å²) in [5.74, 6) is -1.14. The lowest BCUT2D eigenvalue weighted by Crippen LogP contribution is -2.28. The van der Waals surface area contributed by atoms with Crippen LogP contribution in [0.25, 0.3) is 0 Å². The molecule has 0 bridgehead atoms. The molecule has 0 aromatic carbocycles. The maximum atomic E-state index is 11.2. The zero-order chi connectivity index (χ0) is 17.1. The summed E-state index contributed by atoms with van der Waals surface area (Å²) in [5, 5.41) is 18.5. The van der Waals surface area contributed by atoms with E-state index in [-0.39, 0.29) is 19.1 Å². The van der Waals surface area contributed by atoms with Gasteiger partial charge < -0.3 is 21.3 Å². The summed E-state index contributed by atoms with van der Waals surface area (Å²) < 4.78 is 0. The molecule has 0 saturated heterocycles. The minimum atomic E-state index is -0.990. The highest BCUT2D eigenvalue weighted by Gasteiger charge is 2.02. The van der Waals surface area contributed by atoms with E-state index < -0.39 is 5.97 Å². The van der Waals surface area contributed by atoms with Crippen LogP contribution < -0.4 is 11.1 Å². The normalized spacial score (nSPS) is 9.77. The first-order chi connectivity index (χ1) is 10.6. The number of carbonyl (C=O) groups excluding carboxylic acids is 1. The monoisotopic (exact) mass is 318 g/mol. The number of hydrogen-bond donors (Lipinski definition) is 4.